The van der Waals surface area contributed by atoms with Gasteiger partial charge in [-0.15, -0.1) is 0 Å². The van der Waals surface area contributed by atoms with Crippen molar-refractivity contribution in [3.05, 3.63) is 47.6 Å². The highest BCUT2D eigenvalue weighted by Crippen LogP contribution is 2.08. The molecule has 90 valence electrons. The summed E-state index contributed by atoms with van der Waals surface area (Å²) in [6.07, 6.45) is 2.27. The second-order valence-electron chi connectivity index (χ2n) is 4.14. The summed E-state index contributed by atoms with van der Waals surface area (Å²) in [5.74, 6) is 1.35. The molecule has 0 saturated carbocycles. The molecule has 1 aromatic carbocycles. The molecule has 0 aliphatic rings. The van der Waals surface area contributed by atoms with Crippen LogP contribution in [0.25, 0.3) is 0 Å². The topological polar surface area (TPSA) is 64.9 Å². The summed E-state index contributed by atoms with van der Waals surface area (Å²) in [5, 5.41) is 3.93. The Hall–Kier alpha value is -1.68. The number of hydrogen-bond donors (Lipinski definition) is 1. The van der Waals surface area contributed by atoms with E-state index in [1.165, 1.54) is 5.56 Å². The van der Waals surface area contributed by atoms with Gasteiger partial charge >= 0.3 is 0 Å². The van der Waals surface area contributed by atoms with Gasteiger partial charge in [-0.3, -0.25) is 0 Å². The molecule has 0 radical (unpaired) electrons. The van der Waals surface area contributed by atoms with E-state index in [1.807, 2.05) is 30.3 Å². The number of nitrogens with two attached hydrogens (primary N) is 1. The van der Waals surface area contributed by atoms with Crippen molar-refractivity contribution >= 4 is 0 Å². The third-order valence-corrected chi connectivity index (χ3v) is 2.68. The van der Waals surface area contributed by atoms with Crippen LogP contribution in [0.2, 0.25) is 0 Å². The molecule has 4 nitrogen and oxygen atoms in total. The first-order chi connectivity index (χ1) is 8.28. The van der Waals surface area contributed by atoms with Gasteiger partial charge in [0, 0.05) is 12.5 Å². The quantitative estimate of drug-likeness (QED) is 0.854. The van der Waals surface area contributed by atoms with Crippen LogP contribution in [-0.4, -0.2) is 16.2 Å². The Morgan fingerprint density at radius 3 is 2.76 bits per heavy atom. The van der Waals surface area contributed by atoms with Crippen molar-refractivity contribution in [2.24, 2.45) is 5.73 Å². The number of aromatic nitrogens is 2. The monoisotopic (exact) mass is 231 g/mol. The summed E-state index contributed by atoms with van der Waals surface area (Å²) in [6, 6.07) is 10.2. The number of benzene rings is 1. The summed E-state index contributed by atoms with van der Waals surface area (Å²) >= 11 is 0. The second kappa shape index (κ2) is 5.59. The fourth-order valence-corrected chi connectivity index (χ4v) is 1.59. The van der Waals surface area contributed by atoms with Crippen molar-refractivity contribution in [3.63, 3.8) is 0 Å². The highest BCUT2D eigenvalue weighted by Gasteiger charge is 2.09. The fraction of sp³-hybridized carbons (Fsp3) is 0.385. The van der Waals surface area contributed by atoms with Gasteiger partial charge in [-0.2, -0.15) is 4.98 Å². The molecule has 0 spiro atoms. The molecule has 2 rings (SSSR count). The van der Waals surface area contributed by atoms with Crippen LogP contribution in [0.4, 0.5) is 0 Å². The molecule has 1 unspecified atom stereocenters. The lowest BCUT2D eigenvalue weighted by molar-refractivity contribution is 0.377. The van der Waals surface area contributed by atoms with E-state index < -0.39 is 0 Å². The van der Waals surface area contributed by atoms with Crippen LogP contribution >= 0.6 is 0 Å². The maximum Gasteiger partial charge on any atom is 0.231 e. The molecule has 0 aliphatic carbocycles. The summed E-state index contributed by atoms with van der Waals surface area (Å²) in [4.78, 5) is 4.34. The third-order valence-electron chi connectivity index (χ3n) is 2.68. The molecule has 2 aromatic rings. The van der Waals surface area contributed by atoms with Gasteiger partial charge in [0.1, 0.15) is 0 Å². The van der Waals surface area contributed by atoms with Crippen molar-refractivity contribution in [2.45, 2.75) is 32.2 Å². The van der Waals surface area contributed by atoms with E-state index in [0.717, 1.165) is 6.42 Å². The first kappa shape index (κ1) is 11.8. The first-order valence-electron chi connectivity index (χ1n) is 5.89. The molecule has 0 amide bonds. The zero-order valence-electron chi connectivity index (χ0n) is 9.97. The summed E-state index contributed by atoms with van der Waals surface area (Å²) in [7, 11) is 0. The number of nitrogens with zero attached hydrogens (tertiary/aromatic N) is 2. The number of hydrogen-bond acceptors (Lipinski definition) is 4. The third kappa shape index (κ3) is 3.39. The van der Waals surface area contributed by atoms with Crippen molar-refractivity contribution < 1.29 is 4.52 Å². The van der Waals surface area contributed by atoms with Gasteiger partial charge in [0.15, 0.2) is 5.82 Å². The Bertz CT molecular complexity index is 453. The smallest absolute Gasteiger partial charge is 0.231 e. The van der Waals surface area contributed by atoms with E-state index in [0.29, 0.717) is 24.6 Å². The van der Waals surface area contributed by atoms with E-state index in [2.05, 4.69) is 17.1 Å². The molecular weight excluding hydrogens is 214 g/mol. The number of rotatable bonds is 5. The standard InChI is InChI=1S/C13H17N3O/c1-2-11(14)9-12-15-13(17-16-12)8-10-6-4-3-5-7-10/h3-7,11H,2,8-9,14H2,1H3. The predicted octanol–water partition coefficient (Wildman–Crippen LogP) is 1.94. The molecule has 1 aromatic heterocycles. The van der Waals surface area contributed by atoms with Crippen molar-refractivity contribution in [1.82, 2.24) is 10.1 Å². The zero-order valence-corrected chi connectivity index (χ0v) is 9.97. The van der Waals surface area contributed by atoms with Crippen LogP contribution in [0.3, 0.4) is 0 Å². The van der Waals surface area contributed by atoms with Crippen molar-refractivity contribution in [1.29, 1.82) is 0 Å². The molecule has 0 saturated heterocycles. The van der Waals surface area contributed by atoms with Crippen LogP contribution in [0, 0.1) is 0 Å². The van der Waals surface area contributed by atoms with Crippen molar-refractivity contribution in [3.8, 4) is 0 Å². The molecule has 0 fully saturated rings. The maximum atomic E-state index is 5.85. The van der Waals surface area contributed by atoms with E-state index in [9.17, 15) is 0 Å². The van der Waals surface area contributed by atoms with Crippen LogP contribution in [0.5, 0.6) is 0 Å². The fourth-order valence-electron chi connectivity index (χ4n) is 1.59. The van der Waals surface area contributed by atoms with Crippen molar-refractivity contribution in [2.75, 3.05) is 0 Å². The Balaban J connectivity index is 1.99. The minimum Gasteiger partial charge on any atom is -0.339 e. The molecule has 0 bridgehead atoms. The van der Waals surface area contributed by atoms with Gasteiger partial charge in [-0.05, 0) is 12.0 Å². The van der Waals surface area contributed by atoms with E-state index in [-0.39, 0.29) is 6.04 Å². The minimum atomic E-state index is 0.108. The highest BCUT2D eigenvalue weighted by molar-refractivity contribution is 5.17. The summed E-state index contributed by atoms with van der Waals surface area (Å²) in [5.41, 5.74) is 7.01. The molecule has 1 atom stereocenters. The summed E-state index contributed by atoms with van der Waals surface area (Å²) < 4.78 is 5.20. The Morgan fingerprint density at radius 2 is 2.06 bits per heavy atom. The second-order valence-corrected chi connectivity index (χ2v) is 4.14. The zero-order chi connectivity index (χ0) is 12.1. The maximum absolute atomic E-state index is 5.85. The normalized spacial score (nSPS) is 12.6. The largest absolute Gasteiger partial charge is 0.339 e. The molecular formula is C13H17N3O. The van der Waals surface area contributed by atoms with E-state index >= 15 is 0 Å². The van der Waals surface area contributed by atoms with Gasteiger partial charge in [0.05, 0.1) is 6.42 Å². The molecule has 17 heavy (non-hydrogen) atoms. The molecule has 2 N–H and O–H groups in total. The van der Waals surface area contributed by atoms with Gasteiger partial charge < -0.3 is 10.3 Å². The average Bonchev–Trinajstić information content (AvgIpc) is 2.77. The van der Waals surface area contributed by atoms with Gasteiger partial charge in [-0.25, -0.2) is 0 Å². The molecule has 1 heterocycles. The SMILES string of the molecule is CCC(N)Cc1noc(Cc2ccccc2)n1. The van der Waals surface area contributed by atoms with Crippen LogP contribution in [0.1, 0.15) is 30.6 Å². The van der Waals surface area contributed by atoms with E-state index in [1.54, 1.807) is 0 Å². The first-order valence-corrected chi connectivity index (χ1v) is 5.89. The van der Waals surface area contributed by atoms with Gasteiger partial charge in [0.2, 0.25) is 5.89 Å². The Kier molecular flexibility index (Phi) is 3.88. The van der Waals surface area contributed by atoms with Crippen LogP contribution in [-0.2, 0) is 12.8 Å². The summed E-state index contributed by atoms with van der Waals surface area (Å²) in [6.45, 7) is 2.05. The molecule has 4 heteroatoms. The van der Waals surface area contributed by atoms with Gasteiger partial charge in [-0.1, -0.05) is 42.4 Å². The van der Waals surface area contributed by atoms with E-state index in [4.69, 9.17) is 10.3 Å². The van der Waals surface area contributed by atoms with Crippen LogP contribution < -0.4 is 5.73 Å². The Morgan fingerprint density at radius 1 is 1.29 bits per heavy atom. The average molecular weight is 231 g/mol. The Labute approximate surface area is 101 Å². The predicted molar refractivity (Wildman–Crippen MR) is 65.5 cm³/mol. The molecule has 0 aliphatic heterocycles. The van der Waals surface area contributed by atoms with Gasteiger partial charge in [0.25, 0.3) is 0 Å². The lowest BCUT2D eigenvalue weighted by Crippen LogP contribution is -2.22. The highest BCUT2D eigenvalue weighted by atomic mass is 16.5. The minimum absolute atomic E-state index is 0.108. The lowest BCUT2D eigenvalue weighted by Gasteiger charge is -2.02. The lowest BCUT2D eigenvalue weighted by atomic mass is 10.1. The van der Waals surface area contributed by atoms with Crippen LogP contribution in [0.15, 0.2) is 34.9 Å².